The molecule has 1 saturated carbocycles. The van der Waals surface area contributed by atoms with Crippen molar-refractivity contribution in [2.75, 3.05) is 6.61 Å². The number of carbonyl (C=O) groups is 2. The van der Waals surface area contributed by atoms with Crippen molar-refractivity contribution in [3.8, 4) is 11.5 Å². The van der Waals surface area contributed by atoms with Crippen molar-refractivity contribution >= 4 is 11.8 Å². The number of halogens is 1. The number of aromatic carboxylic acids is 1. The van der Waals surface area contributed by atoms with Crippen LogP contribution in [0, 0.1) is 11.8 Å². The molecule has 0 spiro atoms. The van der Waals surface area contributed by atoms with Crippen LogP contribution in [-0.4, -0.2) is 23.5 Å². The maximum Gasteiger partial charge on any atom is 0.335 e. The fourth-order valence-electron chi connectivity index (χ4n) is 6.14. The van der Waals surface area contributed by atoms with Gasteiger partial charge in [0.15, 0.2) is 5.78 Å². The molecule has 0 aliphatic heterocycles. The summed E-state index contributed by atoms with van der Waals surface area (Å²) in [5.74, 6) is 1.78. The molecule has 3 unspecified atom stereocenters. The number of ketones is 1. The van der Waals surface area contributed by atoms with Gasteiger partial charge in [-0.3, -0.25) is 4.79 Å². The third kappa shape index (κ3) is 8.68. The molecule has 44 heavy (non-hydrogen) atoms. The van der Waals surface area contributed by atoms with Crippen molar-refractivity contribution in [2.45, 2.75) is 70.6 Å². The van der Waals surface area contributed by atoms with Crippen molar-refractivity contribution in [2.24, 2.45) is 11.8 Å². The van der Waals surface area contributed by atoms with Crippen LogP contribution in [0.4, 0.5) is 4.39 Å². The van der Waals surface area contributed by atoms with E-state index < -0.39 is 5.97 Å². The Labute approximate surface area is 259 Å². The molecule has 0 amide bonds. The summed E-state index contributed by atoms with van der Waals surface area (Å²) in [4.78, 5) is 24.3. The molecule has 3 aromatic rings. The lowest BCUT2D eigenvalue weighted by Gasteiger charge is -2.25. The number of carboxylic acid groups (broad SMARTS) is 1. The van der Waals surface area contributed by atoms with E-state index in [4.69, 9.17) is 9.47 Å². The van der Waals surface area contributed by atoms with Crippen molar-refractivity contribution in [3.63, 3.8) is 0 Å². The monoisotopic (exact) mass is 596 g/mol. The van der Waals surface area contributed by atoms with Crippen LogP contribution < -0.4 is 9.47 Å². The maximum atomic E-state index is 13.5. The number of ether oxygens (including phenoxy) is 2. The molecule has 0 radical (unpaired) electrons. The van der Waals surface area contributed by atoms with E-state index in [9.17, 15) is 19.1 Å². The second kappa shape index (κ2) is 15.0. The lowest BCUT2D eigenvalue weighted by molar-refractivity contribution is 0.0696. The number of hydrogen-bond acceptors (Lipinski definition) is 4. The Morgan fingerprint density at radius 3 is 2.36 bits per heavy atom. The van der Waals surface area contributed by atoms with Crippen LogP contribution in [0.3, 0.4) is 0 Å². The number of benzene rings is 3. The Bertz CT molecular complexity index is 1510. The van der Waals surface area contributed by atoms with Crippen LogP contribution in [0.25, 0.3) is 0 Å². The molecule has 6 heteroatoms. The van der Waals surface area contributed by atoms with Crippen molar-refractivity contribution in [1.29, 1.82) is 0 Å². The number of aryl methyl sites for hydroxylation is 1. The van der Waals surface area contributed by atoms with E-state index in [0.717, 1.165) is 24.8 Å². The molecule has 0 bridgehead atoms. The summed E-state index contributed by atoms with van der Waals surface area (Å²) in [5, 5.41) is 9.23. The Morgan fingerprint density at radius 2 is 1.59 bits per heavy atom. The Morgan fingerprint density at radius 1 is 0.864 bits per heavy atom. The van der Waals surface area contributed by atoms with Gasteiger partial charge in [-0.25, -0.2) is 9.18 Å². The molecule has 2 aliphatic rings. The van der Waals surface area contributed by atoms with Gasteiger partial charge in [-0.1, -0.05) is 62.2 Å². The number of carbonyl (C=O) groups excluding carboxylic acids is 1. The van der Waals surface area contributed by atoms with Crippen molar-refractivity contribution in [1.82, 2.24) is 0 Å². The predicted octanol–water partition coefficient (Wildman–Crippen LogP) is 9.49. The highest BCUT2D eigenvalue weighted by molar-refractivity contribution is 5.96. The zero-order valence-corrected chi connectivity index (χ0v) is 25.3. The number of rotatable bonds is 11. The van der Waals surface area contributed by atoms with Gasteiger partial charge in [0.1, 0.15) is 23.1 Å². The van der Waals surface area contributed by atoms with Crippen molar-refractivity contribution in [3.05, 3.63) is 119 Å². The highest BCUT2D eigenvalue weighted by Gasteiger charge is 2.20. The van der Waals surface area contributed by atoms with Crippen LogP contribution in [0.2, 0.25) is 0 Å². The van der Waals surface area contributed by atoms with Gasteiger partial charge in [-0.15, -0.1) is 0 Å². The molecule has 3 atom stereocenters. The SMILES string of the molecule is CC1CC(F)=CC=C1Oc1cccc(C(=O)CCc2ccc(C3CCCCC(COc4cccc(C(=O)O)c4)CC3)cc2)c1. The average molecular weight is 597 g/mol. The molecule has 230 valence electrons. The van der Waals surface area contributed by atoms with Gasteiger partial charge in [0.2, 0.25) is 0 Å². The minimum Gasteiger partial charge on any atom is -0.493 e. The molecule has 0 heterocycles. The van der Waals surface area contributed by atoms with E-state index >= 15 is 0 Å². The summed E-state index contributed by atoms with van der Waals surface area (Å²) in [6, 6.07) is 22.7. The third-order valence-corrected chi connectivity index (χ3v) is 8.80. The van der Waals surface area contributed by atoms with Crippen LogP contribution >= 0.6 is 0 Å². The first-order valence-electron chi connectivity index (χ1n) is 15.8. The molecule has 1 fully saturated rings. The predicted molar refractivity (Wildman–Crippen MR) is 170 cm³/mol. The normalized spacial score (nSPS) is 20.5. The lowest BCUT2D eigenvalue weighted by Crippen LogP contribution is -2.16. The number of Topliss-reactive ketones (excluding diaryl/α,β-unsaturated/α-hetero) is 1. The van der Waals surface area contributed by atoms with E-state index in [0.29, 0.717) is 60.5 Å². The molecule has 0 aromatic heterocycles. The minimum atomic E-state index is -0.946. The number of hydrogen-bond donors (Lipinski definition) is 1. The van der Waals surface area contributed by atoms with Crippen LogP contribution in [0.1, 0.15) is 96.1 Å². The summed E-state index contributed by atoms with van der Waals surface area (Å²) in [6.45, 7) is 2.53. The van der Waals surface area contributed by atoms with E-state index in [1.165, 1.54) is 30.9 Å². The summed E-state index contributed by atoms with van der Waals surface area (Å²) in [6.07, 6.45) is 11.3. The summed E-state index contributed by atoms with van der Waals surface area (Å²) < 4.78 is 25.5. The minimum absolute atomic E-state index is 0.0458. The highest BCUT2D eigenvalue weighted by atomic mass is 19.1. The molecule has 5 nitrogen and oxygen atoms in total. The van der Waals surface area contributed by atoms with Crippen LogP contribution in [-0.2, 0) is 6.42 Å². The first-order chi connectivity index (χ1) is 21.3. The van der Waals surface area contributed by atoms with Gasteiger partial charge >= 0.3 is 5.97 Å². The highest BCUT2D eigenvalue weighted by Crippen LogP contribution is 2.34. The molecular weight excluding hydrogens is 555 g/mol. The summed E-state index contributed by atoms with van der Waals surface area (Å²) in [5.41, 5.74) is 3.35. The first-order valence-corrected chi connectivity index (χ1v) is 15.8. The Kier molecular flexibility index (Phi) is 10.7. The van der Waals surface area contributed by atoms with Crippen LogP contribution in [0.15, 0.2) is 96.5 Å². The van der Waals surface area contributed by atoms with E-state index in [2.05, 4.69) is 24.3 Å². The molecular formula is C38H41FO5. The molecule has 0 saturated heterocycles. The van der Waals surface area contributed by atoms with Crippen LogP contribution in [0.5, 0.6) is 11.5 Å². The number of allylic oxidation sites excluding steroid dienone is 4. The van der Waals surface area contributed by atoms with Gasteiger partial charge < -0.3 is 14.6 Å². The van der Waals surface area contributed by atoms with Crippen molar-refractivity contribution < 1.29 is 28.6 Å². The fraction of sp³-hybridized carbons (Fsp3) is 0.368. The van der Waals surface area contributed by atoms with Gasteiger partial charge in [0.25, 0.3) is 0 Å². The van der Waals surface area contributed by atoms with E-state index in [1.54, 1.807) is 30.3 Å². The largest absolute Gasteiger partial charge is 0.493 e. The van der Waals surface area contributed by atoms with E-state index in [-0.39, 0.29) is 23.1 Å². The topological polar surface area (TPSA) is 72.8 Å². The molecule has 1 N–H and O–H groups in total. The van der Waals surface area contributed by atoms with E-state index in [1.807, 2.05) is 31.2 Å². The molecule has 3 aromatic carbocycles. The zero-order valence-electron chi connectivity index (χ0n) is 25.3. The smallest absolute Gasteiger partial charge is 0.335 e. The Balaban J connectivity index is 1.11. The standard InChI is InChI=1S/C38H41FO5/c1-26-22-33(39)19-21-37(26)44-35-11-4-8-31(23-35)36(40)20-15-27-12-16-30(17-13-27)29-7-3-2-6-28(14-18-29)25-43-34-10-5-9-32(24-34)38(41)42/h4-5,8-13,16-17,19,21,23-24,26,28-29H,2-3,6-7,14-15,18,20,22,25H2,1H3,(H,41,42). The summed E-state index contributed by atoms with van der Waals surface area (Å²) in [7, 11) is 0. The quantitative estimate of drug-likeness (QED) is 0.223. The fourth-order valence-corrected chi connectivity index (χ4v) is 6.14. The van der Waals surface area contributed by atoms with Gasteiger partial charge in [0, 0.05) is 24.3 Å². The summed E-state index contributed by atoms with van der Waals surface area (Å²) >= 11 is 0. The maximum absolute atomic E-state index is 13.5. The second-order valence-corrected chi connectivity index (χ2v) is 12.2. The number of carboxylic acids is 1. The molecule has 5 rings (SSSR count). The third-order valence-electron chi connectivity index (χ3n) is 8.80. The van der Waals surface area contributed by atoms with Gasteiger partial charge in [-0.2, -0.15) is 0 Å². The lowest BCUT2D eigenvalue weighted by atomic mass is 9.82. The second-order valence-electron chi connectivity index (χ2n) is 12.2. The average Bonchev–Trinajstić information content (AvgIpc) is 3.01. The van der Waals surface area contributed by atoms with Gasteiger partial charge in [0.05, 0.1) is 12.2 Å². The molecule has 2 aliphatic carbocycles. The Hall–Kier alpha value is -4.19. The zero-order chi connectivity index (χ0) is 30.9. The van der Waals surface area contributed by atoms with Gasteiger partial charge in [-0.05, 0) is 97.6 Å². The first kappa shape index (κ1) is 31.2.